The van der Waals surface area contributed by atoms with Crippen molar-refractivity contribution in [2.24, 2.45) is 4.99 Å². The predicted octanol–water partition coefficient (Wildman–Crippen LogP) is 3.31. The number of aliphatic imine (C=N–C) groups is 1. The van der Waals surface area contributed by atoms with Crippen LogP contribution >= 0.6 is 11.3 Å². The zero-order valence-corrected chi connectivity index (χ0v) is 14.3. The first kappa shape index (κ1) is 16.5. The number of aromatic nitrogens is 1. The van der Waals surface area contributed by atoms with Gasteiger partial charge < -0.3 is 10.6 Å². The fourth-order valence-electron chi connectivity index (χ4n) is 2.11. The Balaban J connectivity index is 1.92. The molecule has 4 nitrogen and oxygen atoms in total. The van der Waals surface area contributed by atoms with Crippen molar-refractivity contribution in [3.8, 4) is 0 Å². The minimum Gasteiger partial charge on any atom is -0.357 e. The Morgan fingerprint density at radius 1 is 1.27 bits per heavy atom. The minimum absolute atomic E-state index is 0.473. The maximum absolute atomic E-state index is 4.61. The van der Waals surface area contributed by atoms with Gasteiger partial charge >= 0.3 is 0 Å². The molecule has 2 aromatic heterocycles. The molecule has 0 aromatic carbocycles. The summed E-state index contributed by atoms with van der Waals surface area (Å²) in [6.45, 7) is 8.60. The van der Waals surface area contributed by atoms with Gasteiger partial charge in [-0.2, -0.15) is 0 Å². The summed E-state index contributed by atoms with van der Waals surface area (Å²) < 4.78 is 0. The highest BCUT2D eigenvalue weighted by molar-refractivity contribution is 7.10. The van der Waals surface area contributed by atoms with E-state index in [4.69, 9.17) is 0 Å². The minimum atomic E-state index is 0.473. The standard InChI is InChI=1S/C17H24N4S/c1-4-18-17(19-11-13(2)16-9-6-10-22-16)20-12-15-8-5-7-14(3)21-15/h5-10,13H,4,11-12H2,1-3H3,(H2,18,19,20). The van der Waals surface area contributed by atoms with Gasteiger partial charge in [0, 0.05) is 29.6 Å². The van der Waals surface area contributed by atoms with E-state index >= 15 is 0 Å². The molecule has 2 aromatic rings. The Hall–Kier alpha value is -1.88. The SMILES string of the molecule is CCNC(=NCc1cccc(C)n1)NCC(C)c1cccs1. The summed E-state index contributed by atoms with van der Waals surface area (Å²) in [6.07, 6.45) is 0. The number of guanidine groups is 1. The molecule has 1 atom stereocenters. The molecule has 0 aliphatic rings. The van der Waals surface area contributed by atoms with Crippen LogP contribution in [0.1, 0.15) is 36.0 Å². The lowest BCUT2D eigenvalue weighted by molar-refractivity contribution is 0.708. The van der Waals surface area contributed by atoms with Gasteiger partial charge in [-0.25, -0.2) is 4.99 Å². The molecule has 1 unspecified atom stereocenters. The smallest absolute Gasteiger partial charge is 0.191 e. The molecule has 118 valence electrons. The average molecular weight is 316 g/mol. The summed E-state index contributed by atoms with van der Waals surface area (Å²) in [5.74, 6) is 1.31. The van der Waals surface area contributed by atoms with Crippen molar-refractivity contribution in [2.75, 3.05) is 13.1 Å². The maximum atomic E-state index is 4.61. The van der Waals surface area contributed by atoms with Crippen molar-refractivity contribution in [1.82, 2.24) is 15.6 Å². The van der Waals surface area contributed by atoms with Crippen molar-refractivity contribution in [3.05, 3.63) is 52.0 Å². The Kier molecular flexibility index (Phi) is 6.40. The molecule has 0 bridgehead atoms. The summed E-state index contributed by atoms with van der Waals surface area (Å²) in [6, 6.07) is 10.3. The molecule has 5 heteroatoms. The van der Waals surface area contributed by atoms with Crippen LogP contribution in [-0.2, 0) is 6.54 Å². The van der Waals surface area contributed by atoms with Crippen LogP contribution in [0.2, 0.25) is 0 Å². The average Bonchev–Trinajstić information content (AvgIpc) is 3.04. The van der Waals surface area contributed by atoms with E-state index in [1.165, 1.54) is 4.88 Å². The van der Waals surface area contributed by atoms with Crippen LogP contribution in [-0.4, -0.2) is 24.0 Å². The lowest BCUT2D eigenvalue weighted by Crippen LogP contribution is -2.39. The monoisotopic (exact) mass is 316 g/mol. The normalized spacial score (nSPS) is 13.0. The van der Waals surface area contributed by atoms with E-state index in [0.717, 1.165) is 30.4 Å². The number of rotatable bonds is 6. The summed E-state index contributed by atoms with van der Waals surface area (Å²) in [7, 11) is 0. The van der Waals surface area contributed by atoms with E-state index in [-0.39, 0.29) is 0 Å². The Morgan fingerprint density at radius 2 is 2.14 bits per heavy atom. The molecule has 2 heterocycles. The molecule has 0 saturated heterocycles. The van der Waals surface area contributed by atoms with Crippen molar-refractivity contribution >= 4 is 17.3 Å². The first-order chi connectivity index (χ1) is 10.7. The zero-order valence-electron chi connectivity index (χ0n) is 13.5. The van der Waals surface area contributed by atoms with Gasteiger partial charge in [0.15, 0.2) is 5.96 Å². The lowest BCUT2D eigenvalue weighted by Gasteiger charge is -2.15. The van der Waals surface area contributed by atoms with Crippen molar-refractivity contribution in [1.29, 1.82) is 0 Å². The fraction of sp³-hybridized carbons (Fsp3) is 0.412. The topological polar surface area (TPSA) is 49.3 Å². The van der Waals surface area contributed by atoms with Crippen LogP contribution in [0.5, 0.6) is 0 Å². The van der Waals surface area contributed by atoms with Gasteiger partial charge in [-0.05, 0) is 37.4 Å². The van der Waals surface area contributed by atoms with E-state index in [2.05, 4.69) is 52.0 Å². The van der Waals surface area contributed by atoms with Gasteiger partial charge in [0.25, 0.3) is 0 Å². The molecule has 0 radical (unpaired) electrons. The van der Waals surface area contributed by atoms with Gasteiger partial charge in [-0.3, -0.25) is 4.98 Å². The first-order valence-electron chi connectivity index (χ1n) is 7.67. The van der Waals surface area contributed by atoms with E-state index in [1.54, 1.807) is 11.3 Å². The molecule has 22 heavy (non-hydrogen) atoms. The van der Waals surface area contributed by atoms with Gasteiger partial charge in [-0.1, -0.05) is 19.1 Å². The number of hydrogen-bond donors (Lipinski definition) is 2. The predicted molar refractivity (Wildman–Crippen MR) is 94.5 cm³/mol. The Bertz CT molecular complexity index is 592. The van der Waals surface area contributed by atoms with E-state index in [9.17, 15) is 0 Å². The molecule has 2 rings (SSSR count). The number of aryl methyl sites for hydroxylation is 1. The molecule has 0 aliphatic heterocycles. The van der Waals surface area contributed by atoms with Gasteiger partial charge in [0.05, 0.1) is 12.2 Å². The highest BCUT2D eigenvalue weighted by atomic mass is 32.1. The highest BCUT2D eigenvalue weighted by Gasteiger charge is 2.07. The van der Waals surface area contributed by atoms with Crippen LogP contribution in [0.3, 0.4) is 0 Å². The van der Waals surface area contributed by atoms with Crippen LogP contribution in [0.4, 0.5) is 0 Å². The molecule has 0 aliphatic carbocycles. The third kappa shape index (κ3) is 5.15. The number of hydrogen-bond acceptors (Lipinski definition) is 3. The van der Waals surface area contributed by atoms with Crippen LogP contribution < -0.4 is 10.6 Å². The summed E-state index contributed by atoms with van der Waals surface area (Å²) in [5, 5.41) is 8.81. The van der Waals surface area contributed by atoms with E-state index in [0.29, 0.717) is 12.5 Å². The van der Waals surface area contributed by atoms with Gasteiger partial charge in [0.2, 0.25) is 0 Å². The lowest BCUT2D eigenvalue weighted by atomic mass is 10.1. The largest absolute Gasteiger partial charge is 0.357 e. The second kappa shape index (κ2) is 8.54. The Morgan fingerprint density at radius 3 is 2.82 bits per heavy atom. The zero-order chi connectivity index (χ0) is 15.8. The third-order valence-electron chi connectivity index (χ3n) is 3.29. The van der Waals surface area contributed by atoms with Crippen molar-refractivity contribution in [2.45, 2.75) is 33.2 Å². The maximum Gasteiger partial charge on any atom is 0.191 e. The fourth-order valence-corrected chi connectivity index (χ4v) is 2.90. The first-order valence-corrected chi connectivity index (χ1v) is 8.55. The molecular formula is C17H24N4S. The molecule has 0 spiro atoms. The van der Waals surface area contributed by atoms with Crippen molar-refractivity contribution in [3.63, 3.8) is 0 Å². The number of thiophene rings is 1. The van der Waals surface area contributed by atoms with E-state index in [1.807, 2.05) is 25.1 Å². The van der Waals surface area contributed by atoms with Crippen LogP contribution in [0.25, 0.3) is 0 Å². The number of nitrogens with zero attached hydrogens (tertiary/aromatic N) is 2. The van der Waals surface area contributed by atoms with Crippen molar-refractivity contribution < 1.29 is 0 Å². The molecule has 0 saturated carbocycles. The Labute approximate surface area is 136 Å². The van der Waals surface area contributed by atoms with Crippen LogP contribution in [0, 0.1) is 6.92 Å². The summed E-state index contributed by atoms with van der Waals surface area (Å²) >= 11 is 1.80. The quantitative estimate of drug-likeness (QED) is 0.635. The van der Waals surface area contributed by atoms with Gasteiger partial charge in [-0.15, -0.1) is 11.3 Å². The molecule has 0 fully saturated rings. The van der Waals surface area contributed by atoms with E-state index < -0.39 is 0 Å². The summed E-state index contributed by atoms with van der Waals surface area (Å²) in [5.41, 5.74) is 2.01. The second-order valence-corrected chi connectivity index (χ2v) is 6.24. The molecule has 0 amide bonds. The number of pyridine rings is 1. The molecule has 2 N–H and O–H groups in total. The highest BCUT2D eigenvalue weighted by Crippen LogP contribution is 2.19. The van der Waals surface area contributed by atoms with Gasteiger partial charge in [0.1, 0.15) is 0 Å². The third-order valence-corrected chi connectivity index (χ3v) is 4.40. The molecular weight excluding hydrogens is 292 g/mol. The second-order valence-electron chi connectivity index (χ2n) is 5.26. The summed E-state index contributed by atoms with van der Waals surface area (Å²) in [4.78, 5) is 10.5. The number of nitrogens with one attached hydrogen (secondary N) is 2. The van der Waals surface area contributed by atoms with Crippen LogP contribution in [0.15, 0.2) is 40.7 Å².